The maximum Gasteiger partial charge on any atom is 1.00 e. The van der Waals surface area contributed by atoms with E-state index in [0.717, 1.165) is 0 Å². The molecule has 0 aromatic carbocycles. The zero-order chi connectivity index (χ0) is 4.50. The van der Waals surface area contributed by atoms with Crippen molar-refractivity contribution in [3.05, 3.63) is 0 Å². The Morgan fingerprint density at radius 1 is 1.25 bits per heavy atom. The van der Waals surface area contributed by atoms with Crippen LogP contribution in [0.3, 0.4) is 0 Å². The van der Waals surface area contributed by atoms with E-state index < -0.39 is 10.4 Å². The predicted octanol–water partition coefficient (Wildman–Crippen LogP) is -9.98. The van der Waals surface area contributed by atoms with Crippen molar-refractivity contribution in [3.8, 4) is 0 Å². The zero-order valence-electron chi connectivity index (χ0n) is 4.46. The van der Waals surface area contributed by atoms with Gasteiger partial charge in [0.15, 0.2) is 0 Å². The van der Waals surface area contributed by atoms with Gasteiger partial charge in [0.1, 0.15) is 0 Å². The molecule has 0 bridgehead atoms. The maximum atomic E-state index is 8.63. The molecule has 0 atom stereocenters. The average Bonchev–Trinajstić information content (AvgIpc) is 0.722. The topological polar surface area (TPSA) is 77.4 Å². The van der Waals surface area contributed by atoms with Crippen LogP contribution >= 0.6 is 0 Å². The van der Waals surface area contributed by atoms with Crippen molar-refractivity contribution in [2.75, 3.05) is 0 Å². The third-order valence-electron chi connectivity index (χ3n) is 0. The smallest absolute Gasteiger partial charge is 1.00 e. The maximum absolute atomic E-state index is 8.63. The monoisotopic (exact) mass is 302 g/mol. The van der Waals surface area contributed by atoms with E-state index in [-0.39, 0.29) is 127 Å². The Bertz CT molecular complexity index is 97.2. The van der Waals surface area contributed by atoms with Crippen molar-refractivity contribution in [1.82, 2.24) is 0 Å². The average molecular weight is 302 g/mol. The molecule has 8 heteroatoms. The van der Waals surface area contributed by atoms with Gasteiger partial charge in [0.05, 0.1) is 0 Å². The molecule has 0 heterocycles. The first kappa shape index (κ1) is 22.6. The van der Waals surface area contributed by atoms with E-state index in [2.05, 4.69) is 0 Å². The molecule has 0 aromatic rings. The van der Waals surface area contributed by atoms with Crippen molar-refractivity contribution in [2.45, 2.75) is 0 Å². The number of hydrogen-bond donors (Lipinski definition) is 1. The Morgan fingerprint density at radius 3 is 1.25 bits per heavy atom. The molecule has 40 valence electrons. The molecule has 0 aliphatic carbocycles. The van der Waals surface area contributed by atoms with Crippen LogP contribution in [0.15, 0.2) is 0 Å². The third kappa shape index (κ3) is 51.8. The molecular formula is HIK2O4S. The molecule has 0 aliphatic rings. The first-order valence-electron chi connectivity index (χ1n) is 0.683. The molecule has 0 saturated heterocycles. The number of hydrogen-bond acceptors (Lipinski definition) is 3. The molecule has 0 amide bonds. The van der Waals surface area contributed by atoms with Crippen LogP contribution in [-0.4, -0.2) is 17.5 Å². The molecule has 0 aliphatic heterocycles. The van der Waals surface area contributed by atoms with Crippen molar-refractivity contribution in [3.63, 3.8) is 0 Å². The fourth-order valence-corrected chi connectivity index (χ4v) is 0. The largest absolute Gasteiger partial charge is 1.00 e. The van der Waals surface area contributed by atoms with Crippen LogP contribution in [0.5, 0.6) is 0 Å². The van der Waals surface area contributed by atoms with Crippen molar-refractivity contribution in [1.29, 1.82) is 0 Å². The van der Waals surface area contributed by atoms with Gasteiger partial charge in [-0.2, -0.15) is 0 Å². The predicted molar refractivity (Wildman–Crippen MR) is 12.3 cm³/mol. The fraction of sp³-hybridized carbons (Fsp3) is 0. The summed E-state index contributed by atoms with van der Waals surface area (Å²) in [6.45, 7) is 0. The minimum atomic E-state index is -4.92. The molecule has 0 fully saturated rings. The molecule has 0 unspecified atom stereocenters. The summed E-state index contributed by atoms with van der Waals surface area (Å²) in [5, 5.41) is 0. The van der Waals surface area contributed by atoms with E-state index in [9.17, 15) is 0 Å². The third-order valence-corrected chi connectivity index (χ3v) is 0. The van der Waals surface area contributed by atoms with Gasteiger partial charge < -0.3 is 28.5 Å². The van der Waals surface area contributed by atoms with Gasteiger partial charge in [-0.25, -0.2) is 8.42 Å². The minimum absolute atomic E-state index is 0. The second-order valence-electron chi connectivity index (χ2n) is 0.428. The van der Waals surface area contributed by atoms with Crippen LogP contribution in [0.25, 0.3) is 0 Å². The Labute approximate surface area is 150 Å². The van der Waals surface area contributed by atoms with Crippen LogP contribution in [0, 0.1) is 0 Å². The van der Waals surface area contributed by atoms with Gasteiger partial charge in [-0.15, -0.1) is 0 Å². The van der Waals surface area contributed by atoms with E-state index in [0.29, 0.717) is 0 Å². The first-order chi connectivity index (χ1) is 2.00. The summed E-state index contributed by atoms with van der Waals surface area (Å²) < 4.78 is 32.8. The second-order valence-corrected chi connectivity index (χ2v) is 1.28. The summed E-state index contributed by atoms with van der Waals surface area (Å²) in [7, 11) is -4.92. The SMILES string of the molecule is O=S(=O)([O-])O.[I-].[K+].[K+]. The molecule has 4 nitrogen and oxygen atoms in total. The van der Waals surface area contributed by atoms with E-state index in [1.165, 1.54) is 0 Å². The van der Waals surface area contributed by atoms with E-state index in [1.54, 1.807) is 0 Å². The Balaban J connectivity index is -0.0000000267. The fourth-order valence-electron chi connectivity index (χ4n) is 0. The van der Waals surface area contributed by atoms with Gasteiger partial charge >= 0.3 is 103 Å². The Hall–Kier alpha value is 3.87. The normalized spacial score (nSPS) is 7.25. The summed E-state index contributed by atoms with van der Waals surface area (Å²) in [5.74, 6) is 0. The summed E-state index contributed by atoms with van der Waals surface area (Å²) in [6, 6.07) is 0. The molecule has 1 N–H and O–H groups in total. The molecule has 0 radical (unpaired) electrons. The van der Waals surface area contributed by atoms with Crippen molar-refractivity contribution < 1.29 is 144 Å². The van der Waals surface area contributed by atoms with Gasteiger partial charge in [-0.05, 0) is 0 Å². The van der Waals surface area contributed by atoms with Crippen LogP contribution in [0.1, 0.15) is 0 Å². The Morgan fingerprint density at radius 2 is 1.25 bits per heavy atom. The van der Waals surface area contributed by atoms with Crippen molar-refractivity contribution in [2.24, 2.45) is 0 Å². The molecule has 0 saturated carbocycles. The molecule has 8 heavy (non-hydrogen) atoms. The van der Waals surface area contributed by atoms with Crippen LogP contribution in [-0.2, 0) is 10.4 Å². The minimum Gasteiger partial charge on any atom is -1.00 e. The first-order valence-corrected chi connectivity index (χ1v) is 2.05. The second kappa shape index (κ2) is 10.9. The van der Waals surface area contributed by atoms with Crippen molar-refractivity contribution >= 4 is 10.4 Å². The zero-order valence-corrected chi connectivity index (χ0v) is 13.7. The van der Waals surface area contributed by atoms with Gasteiger partial charge in [0.2, 0.25) is 10.4 Å². The van der Waals surface area contributed by atoms with E-state index >= 15 is 0 Å². The van der Waals surface area contributed by atoms with Crippen LogP contribution in [0.4, 0.5) is 0 Å². The summed E-state index contributed by atoms with van der Waals surface area (Å²) in [4.78, 5) is 0. The van der Waals surface area contributed by atoms with Crippen LogP contribution < -0.4 is 127 Å². The number of rotatable bonds is 0. The standard InChI is InChI=1S/HI.2K.H2O4S/c;;;1-5(2,3)4/h1H;;;(H2,1,2,3,4)/q;2*+1;/p-2. The van der Waals surface area contributed by atoms with Gasteiger partial charge in [0.25, 0.3) is 0 Å². The summed E-state index contributed by atoms with van der Waals surface area (Å²) >= 11 is 0. The summed E-state index contributed by atoms with van der Waals surface area (Å²) in [6.07, 6.45) is 0. The van der Waals surface area contributed by atoms with E-state index in [1.807, 2.05) is 0 Å². The molecule has 0 spiro atoms. The van der Waals surface area contributed by atoms with E-state index in [4.69, 9.17) is 17.5 Å². The summed E-state index contributed by atoms with van der Waals surface area (Å²) in [5.41, 5.74) is 0. The van der Waals surface area contributed by atoms with Gasteiger partial charge in [-0.3, -0.25) is 4.55 Å². The Kier molecular flexibility index (Phi) is 30.8. The van der Waals surface area contributed by atoms with Gasteiger partial charge in [0, 0.05) is 0 Å². The quantitative estimate of drug-likeness (QED) is 0.209. The molecule has 0 rings (SSSR count). The molecular weight excluding hydrogens is 301 g/mol. The van der Waals surface area contributed by atoms with Gasteiger partial charge in [-0.1, -0.05) is 0 Å². The molecule has 0 aromatic heterocycles. The van der Waals surface area contributed by atoms with Crippen LogP contribution in [0.2, 0.25) is 0 Å². The number of halogens is 1.